The van der Waals surface area contributed by atoms with Crippen molar-refractivity contribution < 1.29 is 23.4 Å². The quantitative estimate of drug-likeness (QED) is 0.142. The molecule has 2 aliphatic rings. The number of Topliss-reactive ketones (excluding diaryl/α,β-unsaturated/α-hetero) is 1. The van der Waals surface area contributed by atoms with Crippen molar-refractivity contribution in [3.63, 3.8) is 0 Å². The zero-order chi connectivity index (χ0) is 31.4. The van der Waals surface area contributed by atoms with Gasteiger partial charge in [-0.15, -0.1) is 11.8 Å². The number of nitrogens with zero attached hydrogens (tertiary/aromatic N) is 1. The number of carbonyl (C=O) groups is 1. The lowest BCUT2D eigenvalue weighted by molar-refractivity contribution is -0.113. The molecule has 1 N–H and O–H groups in total. The summed E-state index contributed by atoms with van der Waals surface area (Å²) in [7, 11) is 1.67. The maximum absolute atomic E-state index is 13.7. The number of ketones is 1. The van der Waals surface area contributed by atoms with E-state index in [4.69, 9.17) is 19.6 Å². The van der Waals surface area contributed by atoms with Crippen molar-refractivity contribution in [3.8, 4) is 5.75 Å². The minimum atomic E-state index is -0.627. The minimum Gasteiger partial charge on any atom is -0.498 e. The third-order valence-corrected chi connectivity index (χ3v) is 9.01. The van der Waals surface area contributed by atoms with Crippen molar-refractivity contribution in [2.75, 3.05) is 27.0 Å². The van der Waals surface area contributed by atoms with Crippen LogP contribution in [-0.2, 0) is 27.4 Å². The van der Waals surface area contributed by atoms with E-state index in [9.17, 15) is 9.18 Å². The molecule has 3 atom stereocenters. The molecule has 3 unspecified atom stereocenters. The van der Waals surface area contributed by atoms with Crippen LogP contribution in [0.2, 0.25) is 0 Å². The van der Waals surface area contributed by atoms with Gasteiger partial charge in [-0.05, 0) is 101 Å². The van der Waals surface area contributed by atoms with Gasteiger partial charge in [0, 0.05) is 29.9 Å². The van der Waals surface area contributed by atoms with E-state index in [-0.39, 0.29) is 29.1 Å². The van der Waals surface area contributed by atoms with Crippen LogP contribution >= 0.6 is 11.8 Å². The Morgan fingerprint density at radius 2 is 2.14 bits per heavy atom. The third kappa shape index (κ3) is 9.17. The van der Waals surface area contributed by atoms with E-state index in [1.165, 1.54) is 0 Å². The Morgan fingerprint density at radius 3 is 2.81 bits per heavy atom. The predicted molar refractivity (Wildman–Crippen MR) is 174 cm³/mol. The normalized spacial score (nSPS) is 18.4. The Morgan fingerprint density at radius 1 is 1.35 bits per heavy atom. The van der Waals surface area contributed by atoms with Gasteiger partial charge in [-0.1, -0.05) is 18.4 Å². The van der Waals surface area contributed by atoms with Gasteiger partial charge in [0.2, 0.25) is 0 Å². The summed E-state index contributed by atoms with van der Waals surface area (Å²) in [6.07, 6.45) is 9.55. The van der Waals surface area contributed by atoms with Gasteiger partial charge in [-0.2, -0.15) is 0 Å². The van der Waals surface area contributed by atoms with Crippen molar-refractivity contribution in [3.05, 3.63) is 74.8 Å². The molecule has 0 saturated heterocycles. The van der Waals surface area contributed by atoms with Crippen molar-refractivity contribution in [2.24, 2.45) is 16.3 Å². The van der Waals surface area contributed by atoms with E-state index in [1.54, 1.807) is 31.2 Å². The third-order valence-electron chi connectivity index (χ3n) is 7.93. The van der Waals surface area contributed by atoms with Crippen molar-refractivity contribution in [1.29, 1.82) is 5.41 Å². The number of aliphatic imine (C=N–C) groups is 1. The molecular formula is C35H45FN2O4S. The van der Waals surface area contributed by atoms with Crippen LogP contribution < -0.4 is 4.74 Å². The van der Waals surface area contributed by atoms with E-state index in [2.05, 4.69) is 35.5 Å². The smallest absolute Gasteiger partial charge is 0.181 e. The average molecular weight is 609 g/mol. The first-order valence-corrected chi connectivity index (χ1v) is 15.9. The topological polar surface area (TPSA) is 81.0 Å². The molecule has 1 aliphatic carbocycles. The first-order chi connectivity index (χ1) is 20.7. The standard InChI is InChI=1S/C35H45FN2O4S/c1-7-35(5,23-36)33-17-25(15-16-42-33)13-14-31(39)34(37)26-11-10-12-29(18-26)43-24(4)30-19-28(22-40-6)32(41-9-3)20-27(30)21-38-8-2/h8,11,17-20,24-25,37H,7,9,13-16,21-23H2,1-6H3. The van der Waals surface area contributed by atoms with Gasteiger partial charge < -0.3 is 14.2 Å². The zero-order valence-electron chi connectivity index (χ0n) is 26.3. The number of alkyl halides is 1. The molecule has 1 aromatic rings. The van der Waals surface area contributed by atoms with E-state index >= 15 is 0 Å². The molecule has 1 aromatic carbocycles. The zero-order valence-corrected chi connectivity index (χ0v) is 27.2. The van der Waals surface area contributed by atoms with Crippen LogP contribution in [0.15, 0.2) is 63.1 Å². The SMILES string of the molecule is CC=NCc1cc(OCC)c(COC)cc1C(C)SC1=C=C=CC(C(=N)C(=O)CCC2C=C(C(C)(CC)CF)OCC2)=C1. The number of hydrogen-bond acceptors (Lipinski definition) is 7. The molecule has 232 valence electrons. The number of halogens is 1. The lowest BCUT2D eigenvalue weighted by Crippen LogP contribution is -2.27. The minimum absolute atomic E-state index is 0.0282. The number of hydrogen-bond donors (Lipinski definition) is 1. The Balaban J connectivity index is 1.71. The van der Waals surface area contributed by atoms with Gasteiger partial charge >= 0.3 is 0 Å². The molecule has 43 heavy (non-hydrogen) atoms. The fraction of sp³-hybridized carbons (Fsp3) is 0.514. The summed E-state index contributed by atoms with van der Waals surface area (Å²) in [6, 6.07) is 4.17. The number of rotatable bonds is 17. The van der Waals surface area contributed by atoms with Crippen LogP contribution in [0.4, 0.5) is 4.39 Å². The summed E-state index contributed by atoms with van der Waals surface area (Å²) in [5.74, 6) is 1.40. The molecule has 0 saturated carbocycles. The van der Waals surface area contributed by atoms with E-state index in [0.717, 1.165) is 33.8 Å². The molecule has 6 nitrogen and oxygen atoms in total. The van der Waals surface area contributed by atoms with Crippen LogP contribution in [0.3, 0.4) is 0 Å². The van der Waals surface area contributed by atoms with Gasteiger partial charge in [-0.3, -0.25) is 19.6 Å². The van der Waals surface area contributed by atoms with Crippen LogP contribution in [0.5, 0.6) is 5.75 Å². The first kappa shape index (κ1) is 34.3. The number of thioether (sulfide) groups is 1. The fourth-order valence-electron chi connectivity index (χ4n) is 5.02. The molecule has 0 fully saturated rings. The Kier molecular flexibility index (Phi) is 13.3. The van der Waals surface area contributed by atoms with Gasteiger partial charge in [0.1, 0.15) is 23.9 Å². The number of benzene rings is 1. The molecule has 1 aliphatic heterocycles. The summed E-state index contributed by atoms with van der Waals surface area (Å²) < 4.78 is 30.8. The Hall–Kier alpha value is -3.15. The lowest BCUT2D eigenvalue weighted by atomic mass is 9.82. The largest absolute Gasteiger partial charge is 0.498 e. The summed E-state index contributed by atoms with van der Waals surface area (Å²) in [5.41, 5.74) is 9.19. The first-order valence-electron chi connectivity index (χ1n) is 15.0. The highest BCUT2D eigenvalue weighted by Crippen LogP contribution is 2.40. The molecule has 1 heterocycles. The number of nitrogens with one attached hydrogen (secondary N) is 1. The second-order valence-corrected chi connectivity index (χ2v) is 12.5. The highest BCUT2D eigenvalue weighted by atomic mass is 32.2. The van der Waals surface area contributed by atoms with Crippen molar-refractivity contribution in [2.45, 2.75) is 78.7 Å². The van der Waals surface area contributed by atoms with Gasteiger partial charge in [0.15, 0.2) is 5.78 Å². The summed E-state index contributed by atoms with van der Waals surface area (Å²) >= 11 is 1.60. The molecule has 8 heteroatoms. The molecule has 0 spiro atoms. The number of allylic oxidation sites excluding steroid dienone is 5. The molecule has 0 radical (unpaired) electrons. The highest BCUT2D eigenvalue weighted by Gasteiger charge is 2.32. The van der Waals surface area contributed by atoms with Crippen molar-refractivity contribution >= 4 is 29.5 Å². The van der Waals surface area contributed by atoms with Gasteiger partial charge in [-0.25, -0.2) is 0 Å². The maximum atomic E-state index is 13.7. The molecule has 0 aromatic heterocycles. The van der Waals surface area contributed by atoms with E-state index in [0.29, 0.717) is 50.5 Å². The monoisotopic (exact) mass is 608 g/mol. The number of methoxy groups -OCH3 is 1. The van der Waals surface area contributed by atoms with E-state index < -0.39 is 12.1 Å². The summed E-state index contributed by atoms with van der Waals surface area (Å²) in [6.45, 7) is 11.4. The second-order valence-electron chi connectivity index (χ2n) is 11.1. The maximum Gasteiger partial charge on any atom is 0.181 e. The highest BCUT2D eigenvalue weighted by molar-refractivity contribution is 8.03. The van der Waals surface area contributed by atoms with Gasteiger partial charge in [0.25, 0.3) is 0 Å². The van der Waals surface area contributed by atoms with Crippen LogP contribution in [0.1, 0.15) is 82.2 Å². The Bertz CT molecular complexity index is 1360. The number of carbonyl (C=O) groups excluding carboxylic acids is 1. The van der Waals surface area contributed by atoms with Crippen LogP contribution in [-0.4, -0.2) is 44.7 Å². The molecule has 0 bridgehead atoms. The van der Waals surface area contributed by atoms with Crippen molar-refractivity contribution in [1.82, 2.24) is 0 Å². The van der Waals surface area contributed by atoms with Crippen LogP contribution in [0, 0.1) is 16.7 Å². The fourth-order valence-corrected chi connectivity index (χ4v) is 6.06. The summed E-state index contributed by atoms with van der Waals surface area (Å²) in [4.78, 5) is 18.3. The second kappa shape index (κ2) is 16.6. The lowest BCUT2D eigenvalue weighted by Gasteiger charge is -2.32. The Labute approximate surface area is 260 Å². The molecular weight excluding hydrogens is 563 g/mol. The van der Waals surface area contributed by atoms with Crippen LogP contribution in [0.25, 0.3) is 0 Å². The molecule has 0 amide bonds. The summed E-state index contributed by atoms with van der Waals surface area (Å²) in [5, 5.41) is 8.65. The predicted octanol–water partition coefficient (Wildman–Crippen LogP) is 8.43. The average Bonchev–Trinajstić information content (AvgIpc) is 3.03. The number of ether oxygens (including phenoxy) is 3. The van der Waals surface area contributed by atoms with E-state index in [1.807, 2.05) is 39.8 Å². The molecule has 3 rings (SSSR count). The van der Waals surface area contributed by atoms with Gasteiger partial charge in [0.05, 0.1) is 36.7 Å².